The first-order valence-corrected chi connectivity index (χ1v) is 15.5. The molecule has 0 radical (unpaired) electrons. The quantitative estimate of drug-likeness (QED) is 0.142. The minimum absolute atomic E-state index is 0.149. The number of hydrogen-bond donors (Lipinski definition) is 0. The van der Waals surface area contributed by atoms with Gasteiger partial charge in [-0.2, -0.15) is 0 Å². The molecule has 0 unspecified atom stereocenters. The Morgan fingerprint density at radius 3 is 1.71 bits per heavy atom. The Labute approximate surface area is 291 Å². The molecule has 0 bridgehead atoms. The summed E-state index contributed by atoms with van der Waals surface area (Å²) in [4.78, 5) is 14.3. The number of rotatable bonds is 5. The predicted molar refractivity (Wildman–Crippen MR) is 200 cm³/mol. The molecule has 0 fully saturated rings. The van der Waals surface area contributed by atoms with Gasteiger partial charge in [0.2, 0.25) is 0 Å². The van der Waals surface area contributed by atoms with Gasteiger partial charge in [0.1, 0.15) is 0 Å². The summed E-state index contributed by atoms with van der Waals surface area (Å²) in [6.07, 6.45) is 0. The fraction of sp³-hybridized carbons (Fsp3) is 0. The fourth-order valence-electron chi connectivity index (χ4n) is 6.29. The molecule has 0 atom stereocenters. The standard InChI is InChI=1S/C45H29N3/c1-3-13-30(14-4-1)36-19-11-12-22-40(36)45-47-43(33-16-5-2-6-17-33)46-44(48-45)34-25-23-32(24-26-34)42-38-21-10-8-18-35(38)29-41-37-20-9-7-15-31(37)27-28-39(41)42/h1-29H/i1D,3D,4D,11D,12D,13D,14D,19D,22D. The molecule has 0 aliphatic rings. The van der Waals surface area contributed by atoms with E-state index in [9.17, 15) is 0 Å². The van der Waals surface area contributed by atoms with Crippen LogP contribution in [0.25, 0.3) is 88.7 Å². The van der Waals surface area contributed by atoms with Gasteiger partial charge in [-0.3, -0.25) is 0 Å². The minimum Gasteiger partial charge on any atom is -0.208 e. The van der Waals surface area contributed by atoms with Crippen molar-refractivity contribution in [2.75, 3.05) is 0 Å². The highest BCUT2D eigenvalue weighted by molar-refractivity contribution is 6.20. The number of aromatic nitrogens is 3. The summed E-state index contributed by atoms with van der Waals surface area (Å²) in [5.74, 6) is 0.272. The summed E-state index contributed by atoms with van der Waals surface area (Å²) >= 11 is 0. The topological polar surface area (TPSA) is 38.7 Å². The van der Waals surface area contributed by atoms with Gasteiger partial charge in [-0.25, -0.2) is 15.0 Å². The van der Waals surface area contributed by atoms with Gasteiger partial charge in [-0.05, 0) is 60.6 Å². The fourth-order valence-corrected chi connectivity index (χ4v) is 6.29. The molecule has 3 heteroatoms. The van der Waals surface area contributed by atoms with Crippen LogP contribution in [0.4, 0.5) is 0 Å². The van der Waals surface area contributed by atoms with Crippen molar-refractivity contribution in [3.8, 4) is 56.4 Å². The SMILES string of the molecule is [2H]c1c([2H])c([2H])c(-c2c([2H])c([2H])c([2H])c([2H])c2-c2nc(-c3ccccc3)nc(-c3ccc(-c4c5ccccc5cc5c4ccc4ccccc45)cc3)n2)c([2H])c1[2H]. The van der Waals surface area contributed by atoms with Gasteiger partial charge in [0.05, 0.1) is 12.3 Å². The van der Waals surface area contributed by atoms with E-state index in [0.717, 1.165) is 43.4 Å². The van der Waals surface area contributed by atoms with E-state index < -0.39 is 54.4 Å². The second kappa shape index (κ2) is 11.7. The monoisotopic (exact) mass is 620 g/mol. The maximum absolute atomic E-state index is 9.06. The van der Waals surface area contributed by atoms with Gasteiger partial charge in [0.25, 0.3) is 0 Å². The molecule has 48 heavy (non-hydrogen) atoms. The molecule has 0 aliphatic heterocycles. The van der Waals surface area contributed by atoms with E-state index >= 15 is 0 Å². The summed E-state index contributed by atoms with van der Waals surface area (Å²) in [5.41, 5.74) is 2.34. The van der Waals surface area contributed by atoms with Crippen molar-refractivity contribution < 1.29 is 12.3 Å². The second-order valence-corrected chi connectivity index (χ2v) is 11.4. The lowest BCUT2D eigenvalue weighted by Crippen LogP contribution is -2.01. The van der Waals surface area contributed by atoms with E-state index in [1.807, 2.05) is 66.7 Å². The number of hydrogen-bond acceptors (Lipinski definition) is 3. The van der Waals surface area contributed by atoms with Crippen molar-refractivity contribution in [1.82, 2.24) is 15.0 Å². The van der Waals surface area contributed by atoms with Crippen LogP contribution in [0.2, 0.25) is 0 Å². The number of fused-ring (bicyclic) bond motifs is 4. The summed E-state index contributed by atoms with van der Waals surface area (Å²) in [7, 11) is 0. The molecule has 0 saturated heterocycles. The van der Waals surface area contributed by atoms with Crippen LogP contribution in [-0.4, -0.2) is 15.0 Å². The van der Waals surface area contributed by atoms with Crippen LogP contribution in [0.1, 0.15) is 12.3 Å². The van der Waals surface area contributed by atoms with Gasteiger partial charge in [0.15, 0.2) is 17.5 Å². The van der Waals surface area contributed by atoms with E-state index in [1.54, 1.807) is 12.1 Å². The van der Waals surface area contributed by atoms with Crippen molar-refractivity contribution >= 4 is 32.3 Å². The normalized spacial score (nSPS) is 14.0. The molecular weight excluding hydrogens is 583 g/mol. The molecule has 0 N–H and O–H groups in total. The lowest BCUT2D eigenvalue weighted by molar-refractivity contribution is 1.07. The van der Waals surface area contributed by atoms with E-state index in [-0.39, 0.29) is 34.2 Å². The Morgan fingerprint density at radius 1 is 0.354 bits per heavy atom. The van der Waals surface area contributed by atoms with Gasteiger partial charge in [-0.15, -0.1) is 0 Å². The Kier molecular flexibility index (Phi) is 4.87. The molecule has 224 valence electrons. The van der Waals surface area contributed by atoms with Crippen molar-refractivity contribution in [3.63, 3.8) is 0 Å². The highest BCUT2D eigenvalue weighted by atomic mass is 15.0. The minimum atomic E-state index is -0.641. The highest BCUT2D eigenvalue weighted by Gasteiger charge is 2.17. The number of nitrogens with zero attached hydrogens (tertiary/aromatic N) is 3. The average Bonchev–Trinajstić information content (AvgIpc) is 3.25. The van der Waals surface area contributed by atoms with Gasteiger partial charge in [0, 0.05) is 16.7 Å². The maximum atomic E-state index is 9.06. The van der Waals surface area contributed by atoms with Crippen LogP contribution in [-0.2, 0) is 0 Å². The van der Waals surface area contributed by atoms with Gasteiger partial charge in [-0.1, -0.05) is 170 Å². The van der Waals surface area contributed by atoms with E-state index in [0.29, 0.717) is 11.1 Å². The molecule has 8 aromatic carbocycles. The third-order valence-electron chi connectivity index (χ3n) is 8.53. The van der Waals surface area contributed by atoms with Crippen LogP contribution >= 0.6 is 0 Å². The Bertz CT molecular complexity index is 3090. The third kappa shape index (κ3) is 4.90. The molecule has 0 aliphatic carbocycles. The summed E-state index contributed by atoms with van der Waals surface area (Å²) in [5, 5.41) is 6.76. The van der Waals surface area contributed by atoms with Gasteiger partial charge >= 0.3 is 0 Å². The molecule has 1 aromatic heterocycles. The molecule has 3 nitrogen and oxygen atoms in total. The Balaban J connectivity index is 1.28. The van der Waals surface area contributed by atoms with Crippen LogP contribution in [0, 0.1) is 0 Å². The molecule has 0 spiro atoms. The molecule has 9 aromatic rings. The summed E-state index contributed by atoms with van der Waals surface area (Å²) < 4.78 is 77.4. The van der Waals surface area contributed by atoms with Crippen LogP contribution < -0.4 is 0 Å². The Morgan fingerprint density at radius 2 is 0.938 bits per heavy atom. The molecule has 0 saturated carbocycles. The zero-order valence-electron chi connectivity index (χ0n) is 34.4. The highest BCUT2D eigenvalue weighted by Crippen LogP contribution is 2.40. The first kappa shape index (κ1) is 19.9. The van der Waals surface area contributed by atoms with Crippen molar-refractivity contribution in [2.24, 2.45) is 0 Å². The lowest BCUT2D eigenvalue weighted by Gasteiger charge is -2.15. The zero-order chi connectivity index (χ0) is 39.7. The van der Waals surface area contributed by atoms with Crippen molar-refractivity contribution in [2.45, 2.75) is 0 Å². The number of benzene rings is 8. The van der Waals surface area contributed by atoms with E-state index in [4.69, 9.17) is 27.3 Å². The smallest absolute Gasteiger partial charge is 0.164 e. The maximum Gasteiger partial charge on any atom is 0.164 e. The second-order valence-electron chi connectivity index (χ2n) is 11.4. The van der Waals surface area contributed by atoms with Crippen molar-refractivity contribution in [3.05, 3.63) is 176 Å². The van der Waals surface area contributed by atoms with Crippen LogP contribution in [0.5, 0.6) is 0 Å². The molecular formula is C45H29N3. The summed E-state index contributed by atoms with van der Waals surface area (Å²) in [6, 6.07) is 34.6. The predicted octanol–water partition coefficient (Wildman–Crippen LogP) is 11.7. The molecule has 9 rings (SSSR count). The van der Waals surface area contributed by atoms with Crippen molar-refractivity contribution in [1.29, 1.82) is 0 Å². The van der Waals surface area contributed by atoms with Crippen LogP contribution in [0.3, 0.4) is 0 Å². The van der Waals surface area contributed by atoms with Crippen LogP contribution in [0.15, 0.2) is 176 Å². The summed E-state index contributed by atoms with van der Waals surface area (Å²) in [6.45, 7) is 0. The first-order chi connectivity index (χ1) is 27.5. The zero-order valence-corrected chi connectivity index (χ0v) is 25.4. The largest absolute Gasteiger partial charge is 0.208 e. The third-order valence-corrected chi connectivity index (χ3v) is 8.53. The van der Waals surface area contributed by atoms with Gasteiger partial charge < -0.3 is 0 Å². The van der Waals surface area contributed by atoms with E-state index in [2.05, 4.69) is 42.5 Å². The van der Waals surface area contributed by atoms with E-state index in [1.165, 1.54) is 0 Å². The Hall–Kier alpha value is -6.45. The first-order valence-electron chi connectivity index (χ1n) is 20.0. The average molecular weight is 621 g/mol. The molecule has 1 heterocycles. The molecule has 0 amide bonds. The lowest BCUT2D eigenvalue weighted by atomic mass is 9.89.